The standard InChI is InChI=1S/C27H43ClN4O3/c1-3-30-25(33)19-35-26(21-11-7-13-23(28)16-21)22-12-8-14-32(18-22)27(34)31-24(17-29-2)15-20-9-5-4-6-10-20/h7,11,13,16,20,22,24,26,29H,3-6,8-10,12,14-15,17-19H2,1-2H3,(H,30,33)(H,31,34)/t22?,24?,26-/m0/s1. The molecule has 196 valence electrons. The second-order valence-corrected chi connectivity index (χ2v) is 10.5. The Balaban J connectivity index is 1.64. The molecular formula is C27H43ClN4O3. The van der Waals surface area contributed by atoms with E-state index in [9.17, 15) is 9.59 Å². The molecule has 1 aromatic rings. The summed E-state index contributed by atoms with van der Waals surface area (Å²) in [6.07, 6.45) is 9.05. The Morgan fingerprint density at radius 2 is 1.97 bits per heavy atom. The van der Waals surface area contributed by atoms with Gasteiger partial charge in [-0.2, -0.15) is 0 Å². The van der Waals surface area contributed by atoms with Gasteiger partial charge < -0.3 is 25.6 Å². The highest BCUT2D eigenvalue weighted by Crippen LogP contribution is 2.34. The summed E-state index contributed by atoms with van der Waals surface area (Å²) in [4.78, 5) is 27.3. The van der Waals surface area contributed by atoms with Gasteiger partial charge in [-0.3, -0.25) is 4.79 Å². The number of piperidine rings is 1. The third kappa shape index (κ3) is 8.96. The van der Waals surface area contributed by atoms with Gasteiger partial charge in [0.15, 0.2) is 0 Å². The number of carbonyl (C=O) groups is 2. The van der Waals surface area contributed by atoms with Gasteiger partial charge in [0.05, 0.1) is 6.10 Å². The number of hydrogen-bond donors (Lipinski definition) is 3. The van der Waals surface area contributed by atoms with Crippen molar-refractivity contribution < 1.29 is 14.3 Å². The average Bonchev–Trinajstić information content (AvgIpc) is 2.85. The van der Waals surface area contributed by atoms with Crippen LogP contribution in [0.25, 0.3) is 0 Å². The lowest BCUT2D eigenvalue weighted by Gasteiger charge is -2.38. The molecule has 1 saturated heterocycles. The number of carbonyl (C=O) groups excluding carboxylic acids is 2. The van der Waals surface area contributed by atoms with Crippen molar-refractivity contribution in [3.05, 3.63) is 34.9 Å². The van der Waals surface area contributed by atoms with Crippen LogP contribution in [0.4, 0.5) is 4.79 Å². The Hall–Kier alpha value is -1.83. The van der Waals surface area contributed by atoms with Crippen LogP contribution in [0.3, 0.4) is 0 Å². The predicted octanol–water partition coefficient (Wildman–Crippen LogP) is 4.51. The van der Waals surface area contributed by atoms with Gasteiger partial charge in [-0.1, -0.05) is 55.8 Å². The van der Waals surface area contributed by atoms with E-state index in [4.69, 9.17) is 16.3 Å². The smallest absolute Gasteiger partial charge is 0.317 e. The van der Waals surface area contributed by atoms with Crippen molar-refractivity contribution in [2.24, 2.45) is 11.8 Å². The van der Waals surface area contributed by atoms with Gasteiger partial charge in [-0.05, 0) is 56.8 Å². The third-order valence-electron chi connectivity index (χ3n) is 7.24. The van der Waals surface area contributed by atoms with Gasteiger partial charge >= 0.3 is 6.03 Å². The molecule has 3 amide bonds. The molecule has 0 spiro atoms. The molecule has 1 heterocycles. The van der Waals surface area contributed by atoms with Gasteiger partial charge in [0, 0.05) is 43.2 Å². The number of likely N-dealkylation sites (tertiary alicyclic amines) is 1. The Bertz CT molecular complexity index is 802. The molecular weight excluding hydrogens is 464 g/mol. The van der Waals surface area contributed by atoms with Crippen LogP contribution in [0.5, 0.6) is 0 Å². The molecule has 3 rings (SSSR count). The van der Waals surface area contributed by atoms with Crippen molar-refractivity contribution >= 4 is 23.5 Å². The van der Waals surface area contributed by atoms with Crippen molar-refractivity contribution in [1.29, 1.82) is 0 Å². The number of hydrogen-bond acceptors (Lipinski definition) is 4. The normalized spacial score (nSPS) is 20.8. The van der Waals surface area contributed by atoms with Crippen molar-refractivity contribution in [1.82, 2.24) is 20.9 Å². The summed E-state index contributed by atoms with van der Waals surface area (Å²) in [7, 11) is 1.94. The van der Waals surface area contributed by atoms with Crippen LogP contribution in [0, 0.1) is 11.8 Å². The van der Waals surface area contributed by atoms with Crippen LogP contribution >= 0.6 is 11.6 Å². The quantitative estimate of drug-likeness (QED) is 0.412. The maximum absolute atomic E-state index is 13.3. The van der Waals surface area contributed by atoms with Crippen LogP contribution in [-0.2, 0) is 9.53 Å². The number of rotatable bonds is 11. The van der Waals surface area contributed by atoms with Gasteiger partial charge in [0.25, 0.3) is 0 Å². The molecule has 1 aromatic carbocycles. The molecule has 3 atom stereocenters. The summed E-state index contributed by atoms with van der Waals surface area (Å²) in [5.41, 5.74) is 0.944. The molecule has 2 aliphatic rings. The second kappa shape index (κ2) is 14.7. The molecule has 35 heavy (non-hydrogen) atoms. The molecule has 2 fully saturated rings. The van der Waals surface area contributed by atoms with E-state index in [1.54, 1.807) is 0 Å². The van der Waals surface area contributed by atoms with Gasteiger partial charge in [0.2, 0.25) is 5.91 Å². The van der Waals surface area contributed by atoms with E-state index >= 15 is 0 Å². The van der Waals surface area contributed by atoms with Crippen molar-refractivity contribution in [3.63, 3.8) is 0 Å². The maximum Gasteiger partial charge on any atom is 0.317 e. The van der Waals surface area contributed by atoms with E-state index < -0.39 is 0 Å². The van der Waals surface area contributed by atoms with Crippen molar-refractivity contribution in [2.45, 2.75) is 70.4 Å². The topological polar surface area (TPSA) is 82.7 Å². The minimum atomic E-state index is -0.303. The number of nitrogens with zero attached hydrogens (tertiary/aromatic N) is 1. The van der Waals surface area contributed by atoms with E-state index in [-0.39, 0.29) is 36.6 Å². The Morgan fingerprint density at radius 3 is 2.69 bits per heavy atom. The van der Waals surface area contributed by atoms with Gasteiger partial charge in [0.1, 0.15) is 6.61 Å². The molecule has 3 N–H and O–H groups in total. The fraction of sp³-hybridized carbons (Fsp3) is 0.704. The molecule has 0 aromatic heterocycles. The molecule has 0 radical (unpaired) electrons. The predicted molar refractivity (Wildman–Crippen MR) is 141 cm³/mol. The summed E-state index contributed by atoms with van der Waals surface area (Å²) in [6, 6.07) is 7.76. The molecule has 7 nitrogen and oxygen atoms in total. The van der Waals surface area contributed by atoms with E-state index in [0.717, 1.165) is 37.9 Å². The molecule has 1 aliphatic carbocycles. The summed E-state index contributed by atoms with van der Waals surface area (Å²) >= 11 is 6.27. The lowest BCUT2D eigenvalue weighted by molar-refractivity contribution is -0.129. The molecule has 1 saturated carbocycles. The second-order valence-electron chi connectivity index (χ2n) is 10.0. The summed E-state index contributed by atoms with van der Waals surface area (Å²) in [5.74, 6) is 0.650. The highest BCUT2D eigenvalue weighted by molar-refractivity contribution is 6.30. The number of amides is 3. The largest absolute Gasteiger partial charge is 0.363 e. The zero-order valence-corrected chi connectivity index (χ0v) is 22.1. The number of halogens is 1. The first-order chi connectivity index (χ1) is 17.0. The molecule has 0 bridgehead atoms. The minimum Gasteiger partial charge on any atom is -0.363 e. The maximum atomic E-state index is 13.3. The minimum absolute atomic E-state index is 0.000621. The Morgan fingerprint density at radius 1 is 1.17 bits per heavy atom. The molecule has 8 heteroatoms. The lowest BCUT2D eigenvalue weighted by atomic mass is 9.85. The zero-order valence-electron chi connectivity index (χ0n) is 21.4. The number of likely N-dealkylation sites (N-methyl/N-ethyl adjacent to an activating group) is 2. The van der Waals surface area contributed by atoms with Crippen LogP contribution < -0.4 is 16.0 Å². The highest BCUT2D eigenvalue weighted by Gasteiger charge is 2.32. The monoisotopic (exact) mass is 506 g/mol. The average molecular weight is 507 g/mol. The fourth-order valence-electron chi connectivity index (χ4n) is 5.57. The van der Waals surface area contributed by atoms with E-state index in [2.05, 4.69) is 16.0 Å². The third-order valence-corrected chi connectivity index (χ3v) is 7.47. The number of benzene rings is 1. The number of urea groups is 1. The van der Waals surface area contributed by atoms with Crippen LogP contribution in [0.1, 0.15) is 70.0 Å². The van der Waals surface area contributed by atoms with Crippen molar-refractivity contribution in [2.75, 3.05) is 39.8 Å². The Kier molecular flexibility index (Phi) is 11.6. The molecule has 2 unspecified atom stereocenters. The fourth-order valence-corrected chi connectivity index (χ4v) is 5.77. The first kappa shape index (κ1) is 27.8. The number of ether oxygens (including phenoxy) is 1. The summed E-state index contributed by atoms with van der Waals surface area (Å²) in [5, 5.41) is 9.99. The van der Waals surface area contributed by atoms with E-state index in [1.165, 1.54) is 32.1 Å². The first-order valence-electron chi connectivity index (χ1n) is 13.3. The van der Waals surface area contributed by atoms with E-state index in [0.29, 0.717) is 24.0 Å². The van der Waals surface area contributed by atoms with Crippen molar-refractivity contribution in [3.8, 4) is 0 Å². The zero-order chi connectivity index (χ0) is 25.0. The lowest BCUT2D eigenvalue weighted by Crippen LogP contribution is -2.52. The Labute approximate surface area is 215 Å². The van der Waals surface area contributed by atoms with Crippen LogP contribution in [0.15, 0.2) is 24.3 Å². The van der Waals surface area contributed by atoms with Crippen LogP contribution in [0.2, 0.25) is 5.02 Å². The highest BCUT2D eigenvalue weighted by atomic mass is 35.5. The van der Waals surface area contributed by atoms with Crippen LogP contribution in [-0.4, -0.2) is 62.7 Å². The SMILES string of the molecule is CCNC(=O)CO[C@@H](c1cccc(Cl)c1)C1CCCN(C(=O)NC(CNC)CC2CCCCC2)C1. The molecule has 1 aliphatic heterocycles. The first-order valence-corrected chi connectivity index (χ1v) is 13.7. The van der Waals surface area contributed by atoms with Gasteiger partial charge in [-0.15, -0.1) is 0 Å². The summed E-state index contributed by atoms with van der Waals surface area (Å²) < 4.78 is 6.15. The van der Waals surface area contributed by atoms with Gasteiger partial charge in [-0.25, -0.2) is 4.79 Å². The van der Waals surface area contributed by atoms with E-state index in [1.807, 2.05) is 43.1 Å². The number of nitrogens with one attached hydrogen (secondary N) is 3. The summed E-state index contributed by atoms with van der Waals surface area (Å²) in [6.45, 7) is 4.54.